The van der Waals surface area contributed by atoms with Crippen molar-refractivity contribution in [1.82, 2.24) is 9.80 Å². The molecule has 4 nitrogen and oxygen atoms in total. The van der Waals surface area contributed by atoms with Crippen LogP contribution in [0.2, 0.25) is 0 Å². The molecule has 1 fully saturated rings. The van der Waals surface area contributed by atoms with Gasteiger partial charge >= 0.3 is 5.97 Å². The zero-order valence-corrected chi connectivity index (χ0v) is 10.6. The van der Waals surface area contributed by atoms with Gasteiger partial charge in [0.2, 0.25) is 0 Å². The molecule has 0 heterocycles. The number of carboxylic acids is 1. The van der Waals surface area contributed by atoms with Crippen LogP contribution < -0.4 is 0 Å². The molecule has 0 aromatic carbocycles. The fourth-order valence-corrected chi connectivity index (χ4v) is 2.76. The van der Waals surface area contributed by atoms with Crippen molar-refractivity contribution in [3.63, 3.8) is 0 Å². The third-order valence-electron chi connectivity index (χ3n) is 3.57. The molecule has 0 spiro atoms. The van der Waals surface area contributed by atoms with Gasteiger partial charge in [-0.05, 0) is 33.5 Å². The van der Waals surface area contributed by atoms with Crippen LogP contribution in [0.1, 0.15) is 32.6 Å². The average Bonchev–Trinajstić information content (AvgIpc) is 2.25. The zero-order chi connectivity index (χ0) is 12.1. The maximum atomic E-state index is 10.8. The standard InChI is InChI=1S/C12H24N2O2/c1-4-14(9-12(15)16)11-8-6-5-7-10(11)13(2)3/h10-11H,4-9H2,1-3H3,(H,15,16)/t10-,11-/m0/s1. The number of aliphatic carboxylic acids is 1. The van der Waals surface area contributed by atoms with E-state index in [0.717, 1.165) is 13.0 Å². The highest BCUT2D eigenvalue weighted by Crippen LogP contribution is 2.25. The molecule has 0 aliphatic heterocycles. The number of carboxylic acid groups (broad SMARTS) is 1. The van der Waals surface area contributed by atoms with Crippen molar-refractivity contribution in [2.75, 3.05) is 27.2 Å². The van der Waals surface area contributed by atoms with Gasteiger partial charge < -0.3 is 10.0 Å². The van der Waals surface area contributed by atoms with Crippen LogP contribution in [0.5, 0.6) is 0 Å². The maximum Gasteiger partial charge on any atom is 0.317 e. The van der Waals surface area contributed by atoms with E-state index in [-0.39, 0.29) is 6.54 Å². The predicted molar refractivity (Wildman–Crippen MR) is 64.6 cm³/mol. The SMILES string of the molecule is CCN(CC(=O)O)[C@H]1CCCC[C@@H]1N(C)C. The molecule has 1 rings (SSSR count). The second-order valence-corrected chi connectivity index (χ2v) is 4.84. The van der Waals surface area contributed by atoms with Crippen LogP contribution in [0.3, 0.4) is 0 Å². The Bertz CT molecular complexity index is 231. The Morgan fingerprint density at radius 1 is 1.25 bits per heavy atom. The maximum absolute atomic E-state index is 10.8. The van der Waals surface area contributed by atoms with E-state index in [9.17, 15) is 4.79 Å². The Hall–Kier alpha value is -0.610. The Morgan fingerprint density at radius 3 is 2.25 bits per heavy atom. The summed E-state index contributed by atoms with van der Waals surface area (Å²) in [7, 11) is 4.19. The van der Waals surface area contributed by atoms with E-state index in [0.29, 0.717) is 12.1 Å². The van der Waals surface area contributed by atoms with E-state index >= 15 is 0 Å². The third kappa shape index (κ3) is 3.46. The van der Waals surface area contributed by atoms with Gasteiger partial charge in [-0.3, -0.25) is 9.69 Å². The summed E-state index contributed by atoms with van der Waals surface area (Å²) in [6.45, 7) is 3.04. The quantitative estimate of drug-likeness (QED) is 0.769. The smallest absolute Gasteiger partial charge is 0.317 e. The molecule has 1 aliphatic carbocycles. The van der Waals surface area contributed by atoms with Crippen LogP contribution in [0, 0.1) is 0 Å². The molecule has 0 saturated heterocycles. The molecule has 0 bridgehead atoms. The van der Waals surface area contributed by atoms with Crippen molar-refractivity contribution in [2.24, 2.45) is 0 Å². The molecular weight excluding hydrogens is 204 g/mol. The number of hydrogen-bond acceptors (Lipinski definition) is 3. The second-order valence-electron chi connectivity index (χ2n) is 4.84. The van der Waals surface area contributed by atoms with E-state index in [1.54, 1.807) is 0 Å². The van der Waals surface area contributed by atoms with Gasteiger partial charge in [0, 0.05) is 12.1 Å². The van der Waals surface area contributed by atoms with Crippen molar-refractivity contribution < 1.29 is 9.90 Å². The minimum Gasteiger partial charge on any atom is -0.480 e. The Balaban J connectivity index is 2.67. The topological polar surface area (TPSA) is 43.8 Å². The largest absolute Gasteiger partial charge is 0.480 e. The highest BCUT2D eigenvalue weighted by molar-refractivity contribution is 5.69. The molecule has 0 unspecified atom stereocenters. The first-order chi connectivity index (χ1) is 7.56. The molecule has 0 radical (unpaired) electrons. The van der Waals surface area contributed by atoms with Gasteiger partial charge in [-0.2, -0.15) is 0 Å². The molecular formula is C12H24N2O2. The fourth-order valence-electron chi connectivity index (χ4n) is 2.76. The van der Waals surface area contributed by atoms with E-state index in [2.05, 4.69) is 23.9 Å². The number of carbonyl (C=O) groups is 1. The molecule has 0 amide bonds. The van der Waals surface area contributed by atoms with Crippen LogP contribution in [0.15, 0.2) is 0 Å². The zero-order valence-electron chi connectivity index (χ0n) is 10.6. The Kier molecular flexibility index (Phi) is 5.22. The summed E-state index contributed by atoms with van der Waals surface area (Å²) in [4.78, 5) is 15.2. The molecule has 1 N–H and O–H groups in total. The van der Waals surface area contributed by atoms with Gasteiger partial charge in [0.1, 0.15) is 0 Å². The number of rotatable bonds is 5. The van der Waals surface area contributed by atoms with Crippen molar-refractivity contribution in [3.05, 3.63) is 0 Å². The average molecular weight is 228 g/mol. The molecule has 0 aromatic rings. The van der Waals surface area contributed by atoms with Crippen LogP contribution >= 0.6 is 0 Å². The van der Waals surface area contributed by atoms with Crippen LogP contribution in [0.25, 0.3) is 0 Å². The number of hydrogen-bond donors (Lipinski definition) is 1. The van der Waals surface area contributed by atoms with E-state index in [1.807, 2.05) is 6.92 Å². The van der Waals surface area contributed by atoms with E-state index < -0.39 is 5.97 Å². The number of likely N-dealkylation sites (N-methyl/N-ethyl adjacent to an activating group) is 2. The highest BCUT2D eigenvalue weighted by atomic mass is 16.4. The first-order valence-electron chi connectivity index (χ1n) is 6.18. The molecule has 4 heteroatoms. The van der Waals surface area contributed by atoms with Crippen LogP contribution in [0.4, 0.5) is 0 Å². The monoisotopic (exact) mass is 228 g/mol. The lowest BCUT2D eigenvalue weighted by molar-refractivity contribution is -0.139. The molecule has 94 valence electrons. The fraction of sp³-hybridized carbons (Fsp3) is 0.917. The summed E-state index contributed by atoms with van der Waals surface area (Å²) >= 11 is 0. The second kappa shape index (κ2) is 6.21. The summed E-state index contributed by atoms with van der Waals surface area (Å²) < 4.78 is 0. The van der Waals surface area contributed by atoms with E-state index in [1.165, 1.54) is 19.3 Å². The van der Waals surface area contributed by atoms with Crippen molar-refractivity contribution in [2.45, 2.75) is 44.7 Å². The lowest BCUT2D eigenvalue weighted by Gasteiger charge is -2.42. The summed E-state index contributed by atoms with van der Waals surface area (Å²) in [6, 6.07) is 0.915. The lowest BCUT2D eigenvalue weighted by atomic mass is 9.88. The van der Waals surface area contributed by atoms with Gasteiger partial charge in [-0.25, -0.2) is 0 Å². The third-order valence-corrected chi connectivity index (χ3v) is 3.57. The van der Waals surface area contributed by atoms with Gasteiger partial charge in [-0.1, -0.05) is 19.8 Å². The Morgan fingerprint density at radius 2 is 1.81 bits per heavy atom. The highest BCUT2D eigenvalue weighted by Gasteiger charge is 2.31. The van der Waals surface area contributed by atoms with Crippen molar-refractivity contribution in [3.8, 4) is 0 Å². The normalized spacial score (nSPS) is 26.3. The summed E-state index contributed by atoms with van der Waals surface area (Å²) in [5, 5.41) is 8.92. The number of nitrogens with zero attached hydrogens (tertiary/aromatic N) is 2. The molecule has 2 atom stereocenters. The Labute approximate surface area is 98.2 Å². The van der Waals surface area contributed by atoms with E-state index in [4.69, 9.17) is 5.11 Å². The summed E-state index contributed by atoms with van der Waals surface area (Å²) in [5.74, 6) is -0.718. The van der Waals surface area contributed by atoms with Gasteiger partial charge in [-0.15, -0.1) is 0 Å². The van der Waals surface area contributed by atoms with Crippen LogP contribution in [-0.2, 0) is 4.79 Å². The lowest BCUT2D eigenvalue weighted by Crippen LogP contribution is -2.52. The summed E-state index contributed by atoms with van der Waals surface area (Å²) in [5.41, 5.74) is 0. The molecule has 1 saturated carbocycles. The minimum absolute atomic E-state index is 0.172. The van der Waals surface area contributed by atoms with Crippen molar-refractivity contribution in [1.29, 1.82) is 0 Å². The van der Waals surface area contributed by atoms with Gasteiger partial charge in [0.25, 0.3) is 0 Å². The molecule has 16 heavy (non-hydrogen) atoms. The van der Waals surface area contributed by atoms with Crippen LogP contribution in [-0.4, -0.2) is 60.1 Å². The van der Waals surface area contributed by atoms with Crippen molar-refractivity contribution >= 4 is 5.97 Å². The molecule has 1 aliphatic rings. The van der Waals surface area contributed by atoms with Gasteiger partial charge in [0.05, 0.1) is 6.54 Å². The van der Waals surface area contributed by atoms with Gasteiger partial charge in [0.15, 0.2) is 0 Å². The first-order valence-corrected chi connectivity index (χ1v) is 6.18. The molecule has 0 aromatic heterocycles. The minimum atomic E-state index is -0.718. The first kappa shape index (κ1) is 13.5. The summed E-state index contributed by atoms with van der Waals surface area (Å²) in [6.07, 6.45) is 4.81. The predicted octanol–water partition coefficient (Wildman–Crippen LogP) is 1.27.